The van der Waals surface area contributed by atoms with Crippen LogP contribution in [0.2, 0.25) is 0 Å². The zero-order chi connectivity index (χ0) is 15.6. The maximum atomic E-state index is 13.5. The molecule has 110 valence electrons. The SMILES string of the molecule is CC(NS(=O)(=O)c1cccc(F)c1C#N)c1nncn1C. The van der Waals surface area contributed by atoms with E-state index in [2.05, 4.69) is 14.9 Å². The largest absolute Gasteiger partial charge is 0.319 e. The normalized spacial score (nSPS) is 12.9. The molecular weight excluding hydrogens is 297 g/mol. The third-order valence-corrected chi connectivity index (χ3v) is 4.43. The molecule has 1 N–H and O–H groups in total. The van der Waals surface area contributed by atoms with E-state index in [-0.39, 0.29) is 0 Å². The highest BCUT2D eigenvalue weighted by atomic mass is 32.2. The molecule has 1 aromatic heterocycles. The number of hydrogen-bond acceptors (Lipinski definition) is 5. The van der Waals surface area contributed by atoms with Gasteiger partial charge in [0.25, 0.3) is 0 Å². The molecule has 1 atom stereocenters. The average Bonchev–Trinajstić information content (AvgIpc) is 2.84. The van der Waals surface area contributed by atoms with E-state index in [9.17, 15) is 12.8 Å². The molecule has 2 rings (SSSR count). The van der Waals surface area contributed by atoms with E-state index in [1.807, 2.05) is 0 Å². The van der Waals surface area contributed by atoms with Crippen molar-refractivity contribution in [1.29, 1.82) is 5.26 Å². The molecular formula is C12H12FN5O2S. The molecule has 0 aliphatic rings. The maximum Gasteiger partial charge on any atom is 0.242 e. The van der Waals surface area contributed by atoms with Gasteiger partial charge in [0.15, 0.2) is 0 Å². The molecule has 0 saturated heterocycles. The summed E-state index contributed by atoms with van der Waals surface area (Å²) >= 11 is 0. The Hall–Kier alpha value is -2.31. The predicted molar refractivity (Wildman–Crippen MR) is 70.9 cm³/mol. The Morgan fingerprint density at radius 3 is 2.76 bits per heavy atom. The monoisotopic (exact) mass is 309 g/mol. The van der Waals surface area contributed by atoms with Crippen molar-refractivity contribution in [2.75, 3.05) is 0 Å². The smallest absolute Gasteiger partial charge is 0.242 e. The van der Waals surface area contributed by atoms with Crippen LogP contribution >= 0.6 is 0 Å². The quantitative estimate of drug-likeness (QED) is 0.903. The summed E-state index contributed by atoms with van der Waals surface area (Å²) in [6, 6.07) is 4.32. The van der Waals surface area contributed by atoms with Gasteiger partial charge in [0.05, 0.1) is 6.04 Å². The van der Waals surface area contributed by atoms with Crippen molar-refractivity contribution in [3.05, 3.63) is 41.7 Å². The lowest BCUT2D eigenvalue weighted by Crippen LogP contribution is -2.29. The minimum absolute atomic E-state index is 0.397. The molecule has 0 fully saturated rings. The first kappa shape index (κ1) is 15.1. The van der Waals surface area contributed by atoms with E-state index >= 15 is 0 Å². The van der Waals surface area contributed by atoms with Gasteiger partial charge in [0.2, 0.25) is 10.0 Å². The molecule has 0 aliphatic carbocycles. The molecule has 2 aromatic rings. The van der Waals surface area contributed by atoms with Crippen LogP contribution in [-0.2, 0) is 17.1 Å². The second-order valence-electron chi connectivity index (χ2n) is 4.37. The number of aromatic nitrogens is 3. The van der Waals surface area contributed by atoms with Gasteiger partial charge in [-0.2, -0.15) is 5.26 Å². The number of halogens is 1. The molecule has 0 saturated carbocycles. The van der Waals surface area contributed by atoms with Gasteiger partial charge < -0.3 is 4.57 Å². The Bertz CT molecular complexity index is 809. The second-order valence-corrected chi connectivity index (χ2v) is 6.05. The summed E-state index contributed by atoms with van der Waals surface area (Å²) < 4.78 is 42.0. The van der Waals surface area contributed by atoms with Crippen molar-refractivity contribution in [3.8, 4) is 6.07 Å². The number of sulfonamides is 1. The lowest BCUT2D eigenvalue weighted by Gasteiger charge is -2.14. The number of nitriles is 1. The number of aryl methyl sites for hydroxylation is 1. The van der Waals surface area contributed by atoms with Crippen LogP contribution in [0, 0.1) is 17.1 Å². The van der Waals surface area contributed by atoms with Gasteiger partial charge in [-0.3, -0.25) is 0 Å². The summed E-state index contributed by atoms with van der Waals surface area (Å²) in [4.78, 5) is -0.404. The third-order valence-electron chi connectivity index (χ3n) is 2.84. The third kappa shape index (κ3) is 2.91. The fourth-order valence-electron chi connectivity index (χ4n) is 1.87. The minimum atomic E-state index is -4.06. The molecule has 1 unspecified atom stereocenters. The Morgan fingerprint density at radius 1 is 1.48 bits per heavy atom. The molecule has 1 heterocycles. The van der Waals surface area contributed by atoms with Crippen molar-refractivity contribution < 1.29 is 12.8 Å². The van der Waals surface area contributed by atoms with Crippen LogP contribution in [0.1, 0.15) is 24.4 Å². The lowest BCUT2D eigenvalue weighted by atomic mass is 10.2. The van der Waals surface area contributed by atoms with Crippen molar-refractivity contribution in [3.63, 3.8) is 0 Å². The standard InChI is InChI=1S/C12H12FN5O2S/c1-8(12-16-15-7-18(12)2)17-21(19,20)11-5-3-4-10(13)9(11)6-14/h3-5,7-8,17H,1-2H3. The van der Waals surface area contributed by atoms with E-state index in [1.165, 1.54) is 18.5 Å². The Kier molecular flexibility index (Phi) is 4.02. The molecule has 9 heteroatoms. The van der Waals surface area contributed by atoms with E-state index in [4.69, 9.17) is 5.26 Å². The average molecular weight is 309 g/mol. The molecule has 0 radical (unpaired) electrons. The Balaban J connectivity index is 2.39. The van der Waals surface area contributed by atoms with Crippen molar-refractivity contribution in [1.82, 2.24) is 19.5 Å². The van der Waals surface area contributed by atoms with Gasteiger partial charge in [0, 0.05) is 7.05 Å². The predicted octanol–water partition coefficient (Wildman–Crippen LogP) is 0.865. The summed E-state index contributed by atoms with van der Waals surface area (Å²) in [6.45, 7) is 1.58. The van der Waals surface area contributed by atoms with E-state index in [0.717, 1.165) is 6.07 Å². The summed E-state index contributed by atoms with van der Waals surface area (Å²) in [7, 11) is -2.39. The fraction of sp³-hybridized carbons (Fsp3) is 0.250. The minimum Gasteiger partial charge on any atom is -0.319 e. The fourth-order valence-corrected chi connectivity index (χ4v) is 3.24. The van der Waals surface area contributed by atoms with Crippen LogP contribution in [0.3, 0.4) is 0 Å². The van der Waals surface area contributed by atoms with Crippen molar-refractivity contribution in [2.24, 2.45) is 7.05 Å². The second kappa shape index (κ2) is 5.59. The Labute approximate surface area is 121 Å². The molecule has 0 amide bonds. The summed E-state index contributed by atoms with van der Waals surface area (Å²) in [5.41, 5.74) is -0.518. The maximum absolute atomic E-state index is 13.5. The van der Waals surface area contributed by atoms with E-state index in [0.29, 0.717) is 5.82 Å². The van der Waals surface area contributed by atoms with Crippen molar-refractivity contribution >= 4 is 10.0 Å². The zero-order valence-corrected chi connectivity index (χ0v) is 12.1. The first-order valence-corrected chi connectivity index (χ1v) is 7.40. The van der Waals surface area contributed by atoms with Gasteiger partial charge >= 0.3 is 0 Å². The van der Waals surface area contributed by atoms with Gasteiger partial charge in [-0.25, -0.2) is 17.5 Å². The van der Waals surface area contributed by atoms with Gasteiger partial charge in [0.1, 0.15) is 34.5 Å². The lowest BCUT2D eigenvalue weighted by molar-refractivity contribution is 0.550. The first-order valence-electron chi connectivity index (χ1n) is 5.91. The highest BCUT2D eigenvalue weighted by molar-refractivity contribution is 7.89. The Morgan fingerprint density at radius 2 is 2.19 bits per heavy atom. The highest BCUT2D eigenvalue weighted by Crippen LogP contribution is 2.20. The summed E-state index contributed by atoms with van der Waals surface area (Å²) in [5, 5.41) is 16.4. The van der Waals surface area contributed by atoms with Crippen molar-refractivity contribution in [2.45, 2.75) is 17.9 Å². The van der Waals surface area contributed by atoms with Crippen LogP contribution < -0.4 is 4.72 Å². The summed E-state index contributed by atoms with van der Waals surface area (Å²) in [6.07, 6.45) is 1.43. The van der Waals surface area contributed by atoms with E-state index in [1.54, 1.807) is 24.6 Å². The van der Waals surface area contributed by atoms with Crippen LogP contribution in [-0.4, -0.2) is 23.2 Å². The topological polar surface area (TPSA) is 101 Å². The molecule has 0 spiro atoms. The molecule has 7 nitrogen and oxygen atoms in total. The molecule has 0 aliphatic heterocycles. The first-order chi connectivity index (χ1) is 9.86. The van der Waals surface area contributed by atoms with Gasteiger partial charge in [-0.05, 0) is 19.1 Å². The number of nitrogens with one attached hydrogen (secondary N) is 1. The van der Waals surface area contributed by atoms with Crippen LogP contribution in [0.25, 0.3) is 0 Å². The number of benzene rings is 1. The molecule has 21 heavy (non-hydrogen) atoms. The number of hydrogen-bond donors (Lipinski definition) is 1. The van der Waals surface area contributed by atoms with Crippen LogP contribution in [0.4, 0.5) is 4.39 Å². The zero-order valence-electron chi connectivity index (χ0n) is 11.3. The van der Waals surface area contributed by atoms with E-state index < -0.39 is 32.3 Å². The number of rotatable bonds is 4. The number of nitrogens with zero attached hydrogens (tertiary/aromatic N) is 4. The van der Waals surface area contributed by atoms with Crippen LogP contribution in [0.5, 0.6) is 0 Å². The van der Waals surface area contributed by atoms with Crippen LogP contribution in [0.15, 0.2) is 29.4 Å². The van der Waals surface area contributed by atoms with Gasteiger partial charge in [-0.15, -0.1) is 10.2 Å². The van der Waals surface area contributed by atoms with Gasteiger partial charge in [-0.1, -0.05) is 6.07 Å². The molecule has 1 aromatic carbocycles. The molecule has 0 bridgehead atoms. The summed E-state index contributed by atoms with van der Waals surface area (Å²) in [5.74, 6) is -0.486. The highest BCUT2D eigenvalue weighted by Gasteiger charge is 2.25.